The van der Waals surface area contributed by atoms with Crippen LogP contribution in [0.2, 0.25) is 0 Å². The van der Waals surface area contributed by atoms with Gasteiger partial charge in [-0.2, -0.15) is 0 Å². The number of nitrogens with one attached hydrogen (secondary N) is 1. The van der Waals surface area contributed by atoms with Gasteiger partial charge in [-0.25, -0.2) is 4.98 Å². The summed E-state index contributed by atoms with van der Waals surface area (Å²) in [7, 11) is 5.97. The van der Waals surface area contributed by atoms with E-state index >= 15 is 0 Å². The van der Waals surface area contributed by atoms with Crippen molar-refractivity contribution in [3.63, 3.8) is 0 Å². The number of aromatic nitrogens is 1. The van der Waals surface area contributed by atoms with E-state index in [4.69, 9.17) is 0 Å². The maximum atomic E-state index is 4.29. The second-order valence-corrected chi connectivity index (χ2v) is 3.99. The van der Waals surface area contributed by atoms with Crippen LogP contribution in [0.5, 0.6) is 0 Å². The Balaban J connectivity index is 2.77. The summed E-state index contributed by atoms with van der Waals surface area (Å²) in [5.74, 6) is 0. The molecule has 0 aliphatic carbocycles. The maximum absolute atomic E-state index is 4.29. The molecule has 1 rings (SSSR count). The lowest BCUT2D eigenvalue weighted by molar-refractivity contribution is 0.662. The Bertz CT molecular complexity index is 244. The van der Waals surface area contributed by atoms with E-state index in [0.717, 1.165) is 5.13 Å². The van der Waals surface area contributed by atoms with Gasteiger partial charge in [0, 0.05) is 31.2 Å². The van der Waals surface area contributed by atoms with Crippen molar-refractivity contribution < 1.29 is 0 Å². The van der Waals surface area contributed by atoms with Crippen LogP contribution in [-0.4, -0.2) is 26.1 Å². The van der Waals surface area contributed by atoms with Crippen LogP contribution in [0.1, 0.15) is 17.8 Å². The number of hydrogen-bond donors (Lipinski definition) is 1. The van der Waals surface area contributed by atoms with Crippen LogP contribution in [0.25, 0.3) is 0 Å². The van der Waals surface area contributed by atoms with Crippen molar-refractivity contribution in [2.24, 2.45) is 0 Å². The van der Waals surface area contributed by atoms with E-state index in [1.54, 1.807) is 11.3 Å². The molecule has 0 aromatic carbocycles. The van der Waals surface area contributed by atoms with Crippen molar-refractivity contribution in [1.82, 2.24) is 10.3 Å². The molecule has 0 bridgehead atoms. The highest BCUT2D eigenvalue weighted by molar-refractivity contribution is 7.15. The minimum absolute atomic E-state index is 0.399. The highest BCUT2D eigenvalue weighted by Gasteiger charge is 2.07. The Morgan fingerprint density at radius 3 is 2.67 bits per heavy atom. The Hall–Kier alpha value is -0.610. The average Bonchev–Trinajstić information content (AvgIpc) is 2.51. The molecule has 0 radical (unpaired) electrons. The third kappa shape index (κ3) is 1.95. The largest absolute Gasteiger partial charge is 0.354 e. The molecule has 1 aromatic rings. The van der Waals surface area contributed by atoms with E-state index in [1.807, 2.05) is 32.2 Å². The first-order valence-corrected chi connectivity index (χ1v) is 4.77. The zero-order valence-corrected chi connectivity index (χ0v) is 8.77. The van der Waals surface area contributed by atoms with Crippen LogP contribution in [0.3, 0.4) is 0 Å². The highest BCUT2D eigenvalue weighted by Crippen LogP contribution is 2.25. The van der Waals surface area contributed by atoms with Gasteiger partial charge in [0.2, 0.25) is 0 Å². The van der Waals surface area contributed by atoms with Crippen LogP contribution in [-0.2, 0) is 0 Å². The van der Waals surface area contributed by atoms with Crippen LogP contribution in [0.4, 0.5) is 5.13 Å². The topological polar surface area (TPSA) is 28.2 Å². The van der Waals surface area contributed by atoms with Gasteiger partial charge in [0.15, 0.2) is 5.13 Å². The maximum Gasteiger partial charge on any atom is 0.185 e. The molecule has 4 heteroatoms. The van der Waals surface area contributed by atoms with Crippen molar-refractivity contribution in [1.29, 1.82) is 0 Å². The SMILES string of the molecule is CNC(C)c1cnc(N(C)C)s1. The fourth-order valence-corrected chi connectivity index (χ4v) is 1.73. The number of hydrogen-bond acceptors (Lipinski definition) is 4. The molecule has 1 N–H and O–H groups in total. The zero-order chi connectivity index (χ0) is 9.14. The highest BCUT2D eigenvalue weighted by atomic mass is 32.1. The van der Waals surface area contributed by atoms with E-state index in [-0.39, 0.29) is 0 Å². The average molecular weight is 185 g/mol. The number of rotatable bonds is 3. The predicted octanol–water partition coefficient (Wildman–Crippen LogP) is 1.49. The van der Waals surface area contributed by atoms with Gasteiger partial charge in [0.1, 0.15) is 0 Å². The van der Waals surface area contributed by atoms with Crippen LogP contribution >= 0.6 is 11.3 Å². The van der Waals surface area contributed by atoms with Gasteiger partial charge in [0.05, 0.1) is 0 Å². The molecule has 0 spiro atoms. The van der Waals surface area contributed by atoms with Crippen LogP contribution in [0, 0.1) is 0 Å². The smallest absolute Gasteiger partial charge is 0.185 e. The summed E-state index contributed by atoms with van der Waals surface area (Å²) in [6.45, 7) is 2.13. The minimum atomic E-state index is 0.399. The quantitative estimate of drug-likeness (QED) is 0.773. The van der Waals surface area contributed by atoms with Gasteiger partial charge in [-0.3, -0.25) is 0 Å². The van der Waals surface area contributed by atoms with Gasteiger partial charge in [-0.05, 0) is 14.0 Å². The van der Waals surface area contributed by atoms with Crippen LogP contribution in [0.15, 0.2) is 6.20 Å². The van der Waals surface area contributed by atoms with Gasteiger partial charge in [0.25, 0.3) is 0 Å². The lowest BCUT2D eigenvalue weighted by atomic mass is 10.3. The van der Waals surface area contributed by atoms with Crippen molar-refractivity contribution in [3.05, 3.63) is 11.1 Å². The normalized spacial score (nSPS) is 13.0. The second-order valence-electron chi connectivity index (χ2n) is 2.95. The van der Waals surface area contributed by atoms with Crippen molar-refractivity contribution in [2.45, 2.75) is 13.0 Å². The molecular formula is C8H15N3S. The lowest BCUT2D eigenvalue weighted by Gasteiger charge is -2.07. The van der Waals surface area contributed by atoms with Gasteiger partial charge in [-0.1, -0.05) is 0 Å². The Labute approximate surface area is 77.4 Å². The van der Waals surface area contributed by atoms with E-state index in [0.29, 0.717) is 6.04 Å². The molecule has 0 fully saturated rings. The number of thiazole rings is 1. The molecule has 0 aliphatic heterocycles. The first-order valence-electron chi connectivity index (χ1n) is 3.95. The molecule has 68 valence electrons. The van der Waals surface area contributed by atoms with Crippen molar-refractivity contribution >= 4 is 16.5 Å². The Kier molecular flexibility index (Phi) is 3.05. The predicted molar refractivity (Wildman–Crippen MR) is 53.9 cm³/mol. The fraction of sp³-hybridized carbons (Fsp3) is 0.625. The molecule has 0 saturated heterocycles. The summed E-state index contributed by atoms with van der Waals surface area (Å²) >= 11 is 1.73. The molecular weight excluding hydrogens is 170 g/mol. The number of nitrogens with zero attached hydrogens (tertiary/aromatic N) is 2. The van der Waals surface area contributed by atoms with Gasteiger partial charge in [-0.15, -0.1) is 11.3 Å². The monoisotopic (exact) mass is 185 g/mol. The standard InChI is InChI=1S/C8H15N3S/c1-6(9-2)7-5-10-8(12-7)11(3)4/h5-6,9H,1-4H3. The first-order chi connectivity index (χ1) is 5.65. The second kappa shape index (κ2) is 3.87. The fourth-order valence-electron chi connectivity index (χ4n) is 0.826. The summed E-state index contributed by atoms with van der Waals surface area (Å²) in [5, 5.41) is 4.25. The Morgan fingerprint density at radius 2 is 2.25 bits per heavy atom. The third-order valence-corrected chi connectivity index (χ3v) is 3.10. The summed E-state index contributed by atoms with van der Waals surface area (Å²) in [6.07, 6.45) is 1.93. The van der Waals surface area contributed by atoms with E-state index in [9.17, 15) is 0 Å². The molecule has 1 unspecified atom stereocenters. The number of anilines is 1. The molecule has 12 heavy (non-hydrogen) atoms. The molecule has 0 saturated carbocycles. The van der Waals surface area contributed by atoms with Gasteiger partial charge >= 0.3 is 0 Å². The molecule has 0 aliphatic rings. The minimum Gasteiger partial charge on any atom is -0.354 e. The van der Waals surface area contributed by atoms with E-state index in [1.165, 1.54) is 4.88 Å². The van der Waals surface area contributed by atoms with E-state index in [2.05, 4.69) is 17.2 Å². The zero-order valence-electron chi connectivity index (χ0n) is 7.96. The summed E-state index contributed by atoms with van der Waals surface area (Å²) < 4.78 is 0. The molecule has 1 heterocycles. The summed E-state index contributed by atoms with van der Waals surface area (Å²) in [5.41, 5.74) is 0. The summed E-state index contributed by atoms with van der Waals surface area (Å²) in [6, 6.07) is 0.399. The van der Waals surface area contributed by atoms with Crippen molar-refractivity contribution in [2.75, 3.05) is 26.0 Å². The lowest BCUT2D eigenvalue weighted by Crippen LogP contribution is -2.10. The molecule has 1 aromatic heterocycles. The first kappa shape index (κ1) is 9.48. The molecule has 0 amide bonds. The Morgan fingerprint density at radius 1 is 1.58 bits per heavy atom. The molecule has 3 nitrogen and oxygen atoms in total. The third-order valence-electron chi connectivity index (χ3n) is 1.75. The van der Waals surface area contributed by atoms with Gasteiger partial charge < -0.3 is 10.2 Å². The summed E-state index contributed by atoms with van der Waals surface area (Å²) in [4.78, 5) is 7.59. The van der Waals surface area contributed by atoms with E-state index < -0.39 is 0 Å². The van der Waals surface area contributed by atoms with Crippen molar-refractivity contribution in [3.8, 4) is 0 Å². The molecule has 1 atom stereocenters. The van der Waals surface area contributed by atoms with Crippen LogP contribution < -0.4 is 10.2 Å².